The van der Waals surface area contributed by atoms with Gasteiger partial charge in [0, 0.05) is 14.1 Å². The molecule has 1 N–H and O–H groups in total. The molecule has 0 aliphatic rings. The number of thioether (sulfide) groups is 1. The number of rotatable bonds is 7. The van der Waals surface area contributed by atoms with Crippen molar-refractivity contribution in [2.45, 2.75) is 31.7 Å². The van der Waals surface area contributed by atoms with Crippen molar-refractivity contribution in [2.24, 2.45) is 19.2 Å². The van der Waals surface area contributed by atoms with Gasteiger partial charge in [0.1, 0.15) is 0 Å². The number of aryl methyl sites for hydroxylation is 2. The second-order valence-electron chi connectivity index (χ2n) is 6.04. The fourth-order valence-electron chi connectivity index (χ4n) is 2.34. The summed E-state index contributed by atoms with van der Waals surface area (Å²) in [6.45, 7) is 3.95. The zero-order valence-corrected chi connectivity index (χ0v) is 16.7. The molecular weight excluding hydrogens is 366 g/mol. The number of carbonyl (C=O) groups is 1. The molecule has 0 spiro atoms. The van der Waals surface area contributed by atoms with Crippen LogP contribution in [-0.2, 0) is 25.3 Å². The second-order valence-corrected chi connectivity index (χ2v) is 7.01. The summed E-state index contributed by atoms with van der Waals surface area (Å²) in [5.41, 5.74) is 4.31. The smallest absolute Gasteiger partial charge is 0.272 e. The first-order valence-corrected chi connectivity index (χ1v) is 9.51. The van der Waals surface area contributed by atoms with Crippen LogP contribution in [0.15, 0.2) is 44.0 Å². The second kappa shape index (κ2) is 9.31. The number of hydrogen-bond acceptors (Lipinski definition) is 6. The Hall–Kier alpha value is -2.68. The highest BCUT2D eigenvalue weighted by Gasteiger charge is 2.11. The summed E-state index contributed by atoms with van der Waals surface area (Å²) in [5, 5.41) is 8.07. The summed E-state index contributed by atoms with van der Waals surface area (Å²) in [6.07, 6.45) is 2.12. The fourth-order valence-corrected chi connectivity index (χ4v) is 3.11. The number of carbonyl (C=O) groups excluding carboxylic acids is 1. The first-order chi connectivity index (χ1) is 12.8. The Morgan fingerprint density at radius 2 is 1.89 bits per heavy atom. The molecule has 1 aromatic heterocycles. The van der Waals surface area contributed by atoms with E-state index in [-0.39, 0.29) is 16.7 Å². The largest absolute Gasteiger partial charge is 0.346 e. The predicted molar refractivity (Wildman–Crippen MR) is 106 cm³/mol. The van der Waals surface area contributed by atoms with Gasteiger partial charge in [-0.05, 0) is 24.5 Å². The molecule has 0 saturated heterocycles. The van der Waals surface area contributed by atoms with Crippen LogP contribution in [0.2, 0.25) is 0 Å². The monoisotopic (exact) mass is 389 g/mol. The summed E-state index contributed by atoms with van der Waals surface area (Å²) in [4.78, 5) is 35.6. The first kappa shape index (κ1) is 20.6. The average Bonchev–Trinajstić information content (AvgIpc) is 2.67. The van der Waals surface area contributed by atoms with E-state index >= 15 is 0 Å². The number of amides is 1. The molecule has 1 aromatic carbocycles. The molecular formula is C18H23N5O3S. The standard InChI is InChI=1S/C18H23N5O3S/c1-5-6-13-7-9-14(10-8-13)12(2)19-20-15(24)11-27-16-17(25)22(3)18(26)23(4)21-16/h7-10H,5-6,11H2,1-4H3,(H,20,24)/b19-12-. The summed E-state index contributed by atoms with van der Waals surface area (Å²) in [7, 11) is 2.82. The highest BCUT2D eigenvalue weighted by atomic mass is 32.2. The van der Waals surface area contributed by atoms with Crippen molar-refractivity contribution < 1.29 is 4.79 Å². The topological polar surface area (TPSA) is 98.3 Å². The molecule has 0 bridgehead atoms. The van der Waals surface area contributed by atoms with Crippen molar-refractivity contribution >= 4 is 23.4 Å². The summed E-state index contributed by atoms with van der Waals surface area (Å²) < 4.78 is 2.02. The minimum Gasteiger partial charge on any atom is -0.272 e. The molecule has 0 aliphatic carbocycles. The molecule has 2 aromatic rings. The lowest BCUT2D eigenvalue weighted by atomic mass is 10.1. The predicted octanol–water partition coefficient (Wildman–Crippen LogP) is 1.06. The van der Waals surface area contributed by atoms with Crippen LogP contribution in [0.5, 0.6) is 0 Å². The van der Waals surface area contributed by atoms with Gasteiger partial charge in [0.15, 0.2) is 5.03 Å². The summed E-state index contributed by atoms with van der Waals surface area (Å²) in [6, 6.07) is 8.05. The third kappa shape index (κ3) is 5.40. The molecule has 0 saturated carbocycles. The minimum atomic E-state index is -0.525. The maximum absolute atomic E-state index is 12.0. The minimum absolute atomic E-state index is 0.0351. The van der Waals surface area contributed by atoms with Gasteiger partial charge in [0.05, 0.1) is 11.5 Å². The zero-order valence-electron chi connectivity index (χ0n) is 15.9. The van der Waals surface area contributed by atoms with Gasteiger partial charge in [-0.1, -0.05) is 49.4 Å². The molecule has 2 rings (SSSR count). The van der Waals surface area contributed by atoms with Crippen LogP contribution < -0.4 is 16.7 Å². The van der Waals surface area contributed by atoms with Crippen molar-refractivity contribution in [1.29, 1.82) is 0 Å². The number of aromatic nitrogens is 3. The van der Waals surface area contributed by atoms with Crippen LogP contribution in [0.1, 0.15) is 31.4 Å². The summed E-state index contributed by atoms with van der Waals surface area (Å²) >= 11 is 0.962. The van der Waals surface area contributed by atoms with Crippen molar-refractivity contribution in [3.8, 4) is 0 Å². The van der Waals surface area contributed by atoms with Crippen molar-refractivity contribution in [2.75, 3.05) is 5.75 Å². The van der Waals surface area contributed by atoms with Gasteiger partial charge in [0.2, 0.25) is 5.91 Å². The molecule has 27 heavy (non-hydrogen) atoms. The third-order valence-corrected chi connectivity index (χ3v) is 4.83. The lowest BCUT2D eigenvalue weighted by Crippen LogP contribution is -2.39. The molecule has 8 nitrogen and oxygen atoms in total. The molecule has 0 radical (unpaired) electrons. The van der Waals surface area contributed by atoms with Gasteiger partial charge in [-0.15, -0.1) is 0 Å². The maximum Gasteiger partial charge on any atom is 0.346 e. The van der Waals surface area contributed by atoms with E-state index in [9.17, 15) is 14.4 Å². The van der Waals surface area contributed by atoms with E-state index in [0.29, 0.717) is 5.71 Å². The van der Waals surface area contributed by atoms with Crippen LogP contribution in [0.4, 0.5) is 0 Å². The molecule has 0 fully saturated rings. The number of benzene rings is 1. The average molecular weight is 389 g/mol. The van der Waals surface area contributed by atoms with Gasteiger partial charge >= 0.3 is 5.69 Å². The van der Waals surface area contributed by atoms with Gasteiger partial charge in [0.25, 0.3) is 5.56 Å². The number of nitrogens with zero attached hydrogens (tertiary/aromatic N) is 4. The van der Waals surface area contributed by atoms with Crippen LogP contribution in [0.3, 0.4) is 0 Å². The van der Waals surface area contributed by atoms with E-state index in [1.807, 2.05) is 19.1 Å². The van der Waals surface area contributed by atoms with Gasteiger partial charge in [-0.2, -0.15) is 10.2 Å². The van der Waals surface area contributed by atoms with E-state index in [1.165, 1.54) is 19.7 Å². The lowest BCUT2D eigenvalue weighted by Gasteiger charge is -2.06. The molecule has 0 aliphatic heterocycles. The quantitative estimate of drug-likeness (QED) is 0.434. The Bertz CT molecular complexity index is 960. The Morgan fingerprint density at radius 1 is 1.22 bits per heavy atom. The van der Waals surface area contributed by atoms with Crippen molar-refractivity contribution in [3.63, 3.8) is 0 Å². The normalized spacial score (nSPS) is 11.5. The third-order valence-electron chi connectivity index (χ3n) is 3.89. The molecule has 1 amide bonds. The molecule has 1 heterocycles. The lowest BCUT2D eigenvalue weighted by molar-refractivity contribution is -0.118. The Labute approximate surface area is 161 Å². The fraction of sp³-hybridized carbons (Fsp3) is 0.389. The SMILES string of the molecule is CCCc1ccc(/C(C)=N\NC(=O)CSc2nn(C)c(=O)n(C)c2=O)cc1. The Kier molecular flexibility index (Phi) is 7.12. The van der Waals surface area contributed by atoms with E-state index in [2.05, 4.69) is 34.7 Å². The highest BCUT2D eigenvalue weighted by molar-refractivity contribution is 7.99. The Balaban J connectivity index is 1.97. The maximum atomic E-state index is 12.0. The van der Waals surface area contributed by atoms with Crippen molar-refractivity contribution in [3.05, 3.63) is 56.2 Å². The first-order valence-electron chi connectivity index (χ1n) is 8.53. The van der Waals surface area contributed by atoms with Crippen LogP contribution in [0, 0.1) is 0 Å². The zero-order chi connectivity index (χ0) is 20.0. The van der Waals surface area contributed by atoms with Crippen molar-refractivity contribution in [1.82, 2.24) is 19.8 Å². The molecule has 0 atom stereocenters. The van der Waals surface area contributed by atoms with E-state index in [4.69, 9.17) is 0 Å². The van der Waals surface area contributed by atoms with Gasteiger partial charge < -0.3 is 0 Å². The van der Waals surface area contributed by atoms with E-state index in [0.717, 1.165) is 39.4 Å². The van der Waals surface area contributed by atoms with E-state index < -0.39 is 11.2 Å². The summed E-state index contributed by atoms with van der Waals surface area (Å²) in [5.74, 6) is -0.396. The molecule has 144 valence electrons. The van der Waals surface area contributed by atoms with Gasteiger partial charge in [-0.25, -0.2) is 14.9 Å². The van der Waals surface area contributed by atoms with Crippen LogP contribution >= 0.6 is 11.8 Å². The number of hydrogen-bond donors (Lipinski definition) is 1. The van der Waals surface area contributed by atoms with Gasteiger partial charge in [-0.3, -0.25) is 14.2 Å². The highest BCUT2D eigenvalue weighted by Crippen LogP contribution is 2.09. The van der Waals surface area contributed by atoms with E-state index in [1.54, 1.807) is 0 Å². The Morgan fingerprint density at radius 3 is 2.52 bits per heavy atom. The van der Waals surface area contributed by atoms with Crippen LogP contribution in [0.25, 0.3) is 0 Å². The molecule has 0 unspecified atom stereocenters. The number of hydrazone groups is 1. The van der Waals surface area contributed by atoms with Crippen LogP contribution in [-0.4, -0.2) is 31.7 Å². The number of nitrogens with one attached hydrogen (secondary N) is 1. The molecule has 9 heteroatoms.